The minimum atomic E-state index is -0.883. The topological polar surface area (TPSA) is 97.6 Å². The number of benzene rings is 1. The number of para-hydroxylation sites is 1. The SMILES string of the molecule is NC(=O)OCCC(=O)Nc1nc(C2CCCN2c2ccccc2)cs1. The van der Waals surface area contributed by atoms with Gasteiger partial charge in [0.15, 0.2) is 5.13 Å². The number of primary amides is 1. The van der Waals surface area contributed by atoms with Crippen LogP contribution in [0.25, 0.3) is 0 Å². The number of aromatic nitrogens is 1. The lowest BCUT2D eigenvalue weighted by molar-refractivity contribution is -0.116. The van der Waals surface area contributed by atoms with E-state index in [-0.39, 0.29) is 25.0 Å². The van der Waals surface area contributed by atoms with Crippen molar-refractivity contribution >= 4 is 34.2 Å². The molecule has 1 fully saturated rings. The van der Waals surface area contributed by atoms with Crippen LogP contribution in [0.15, 0.2) is 35.7 Å². The van der Waals surface area contributed by atoms with Crippen molar-refractivity contribution in [3.05, 3.63) is 41.4 Å². The number of hydrogen-bond acceptors (Lipinski definition) is 6. The first-order valence-corrected chi connectivity index (χ1v) is 9.00. The molecule has 2 heterocycles. The van der Waals surface area contributed by atoms with Crippen LogP contribution in [0.2, 0.25) is 0 Å². The van der Waals surface area contributed by atoms with E-state index in [9.17, 15) is 9.59 Å². The number of amides is 2. The van der Waals surface area contributed by atoms with Crippen LogP contribution < -0.4 is 16.0 Å². The lowest BCUT2D eigenvalue weighted by atomic mass is 10.1. The summed E-state index contributed by atoms with van der Waals surface area (Å²) in [7, 11) is 0. The van der Waals surface area contributed by atoms with Gasteiger partial charge in [0.2, 0.25) is 5.91 Å². The highest BCUT2D eigenvalue weighted by atomic mass is 32.1. The Hall–Kier alpha value is -2.61. The van der Waals surface area contributed by atoms with Gasteiger partial charge in [0.05, 0.1) is 18.2 Å². The second-order valence-electron chi connectivity index (χ2n) is 5.73. The fourth-order valence-electron chi connectivity index (χ4n) is 2.93. The van der Waals surface area contributed by atoms with Gasteiger partial charge in [-0.3, -0.25) is 4.79 Å². The van der Waals surface area contributed by atoms with Crippen molar-refractivity contribution in [3.8, 4) is 0 Å². The van der Waals surface area contributed by atoms with E-state index in [1.807, 2.05) is 23.6 Å². The minimum Gasteiger partial charge on any atom is -0.449 e. The molecular weight excluding hydrogens is 340 g/mol. The molecule has 2 amide bonds. The summed E-state index contributed by atoms with van der Waals surface area (Å²) in [5.74, 6) is -0.256. The van der Waals surface area contributed by atoms with Gasteiger partial charge in [-0.1, -0.05) is 18.2 Å². The van der Waals surface area contributed by atoms with Crippen LogP contribution >= 0.6 is 11.3 Å². The quantitative estimate of drug-likeness (QED) is 0.825. The molecule has 0 bridgehead atoms. The molecule has 1 unspecified atom stereocenters. The predicted octanol–water partition coefficient (Wildman–Crippen LogP) is 2.91. The van der Waals surface area contributed by atoms with Crippen molar-refractivity contribution < 1.29 is 14.3 Å². The molecule has 1 aromatic heterocycles. The summed E-state index contributed by atoms with van der Waals surface area (Å²) >= 11 is 1.40. The van der Waals surface area contributed by atoms with Crippen molar-refractivity contribution in [2.24, 2.45) is 5.73 Å². The number of nitrogens with zero attached hydrogens (tertiary/aromatic N) is 2. The molecule has 25 heavy (non-hydrogen) atoms. The van der Waals surface area contributed by atoms with E-state index in [4.69, 9.17) is 5.73 Å². The Morgan fingerprint density at radius 2 is 2.16 bits per heavy atom. The van der Waals surface area contributed by atoms with E-state index in [0.29, 0.717) is 5.13 Å². The maximum Gasteiger partial charge on any atom is 0.404 e. The van der Waals surface area contributed by atoms with Crippen LogP contribution in [0, 0.1) is 0 Å². The Balaban J connectivity index is 1.61. The van der Waals surface area contributed by atoms with Gasteiger partial charge in [-0.05, 0) is 25.0 Å². The molecular formula is C17H20N4O3S. The fourth-order valence-corrected chi connectivity index (χ4v) is 3.70. The van der Waals surface area contributed by atoms with Gasteiger partial charge in [-0.15, -0.1) is 11.3 Å². The van der Waals surface area contributed by atoms with Gasteiger partial charge >= 0.3 is 6.09 Å². The zero-order valence-electron chi connectivity index (χ0n) is 13.7. The summed E-state index contributed by atoms with van der Waals surface area (Å²) in [6.07, 6.45) is 1.32. The number of rotatable bonds is 6. The van der Waals surface area contributed by atoms with Crippen LogP contribution in [0.4, 0.5) is 15.6 Å². The van der Waals surface area contributed by atoms with Crippen molar-refractivity contribution in [3.63, 3.8) is 0 Å². The van der Waals surface area contributed by atoms with Crippen LogP contribution in [-0.4, -0.2) is 30.1 Å². The van der Waals surface area contributed by atoms with Crippen molar-refractivity contribution in [1.82, 2.24) is 4.98 Å². The Morgan fingerprint density at radius 3 is 2.92 bits per heavy atom. The minimum absolute atomic E-state index is 0.0379. The van der Waals surface area contributed by atoms with E-state index in [1.54, 1.807) is 0 Å². The van der Waals surface area contributed by atoms with Crippen LogP contribution in [0.3, 0.4) is 0 Å². The van der Waals surface area contributed by atoms with E-state index in [1.165, 1.54) is 17.0 Å². The number of anilines is 2. The first kappa shape index (κ1) is 17.2. The number of ether oxygens (including phenoxy) is 1. The predicted molar refractivity (Wildman–Crippen MR) is 96.7 cm³/mol. The van der Waals surface area contributed by atoms with Gasteiger partial charge in [0, 0.05) is 17.6 Å². The first-order valence-electron chi connectivity index (χ1n) is 8.12. The Morgan fingerprint density at radius 1 is 1.36 bits per heavy atom. The smallest absolute Gasteiger partial charge is 0.404 e. The third-order valence-corrected chi connectivity index (χ3v) is 4.80. The number of carbonyl (C=O) groups excluding carboxylic acids is 2. The molecule has 1 aliphatic heterocycles. The van der Waals surface area contributed by atoms with Crippen LogP contribution in [0.1, 0.15) is 31.0 Å². The number of carbonyl (C=O) groups is 2. The molecule has 0 spiro atoms. The molecule has 132 valence electrons. The van der Waals surface area contributed by atoms with E-state index >= 15 is 0 Å². The fraction of sp³-hybridized carbons (Fsp3) is 0.353. The summed E-state index contributed by atoms with van der Waals surface area (Å²) in [5.41, 5.74) is 7.01. The summed E-state index contributed by atoms with van der Waals surface area (Å²) in [6.45, 7) is 0.960. The molecule has 3 N–H and O–H groups in total. The third kappa shape index (κ3) is 4.48. The van der Waals surface area contributed by atoms with Gasteiger partial charge in [-0.25, -0.2) is 9.78 Å². The van der Waals surface area contributed by atoms with Gasteiger partial charge in [0.1, 0.15) is 6.61 Å². The van der Waals surface area contributed by atoms with Gasteiger partial charge in [0.25, 0.3) is 0 Å². The lowest BCUT2D eigenvalue weighted by Crippen LogP contribution is -2.22. The zero-order valence-corrected chi connectivity index (χ0v) is 14.5. The Kier molecular flexibility index (Phi) is 5.49. The van der Waals surface area contributed by atoms with Crippen molar-refractivity contribution in [1.29, 1.82) is 0 Å². The molecule has 1 aliphatic rings. The van der Waals surface area contributed by atoms with Gasteiger partial charge < -0.3 is 20.7 Å². The summed E-state index contributed by atoms with van der Waals surface area (Å²) in [4.78, 5) is 29.2. The standard InChI is InChI=1S/C17H20N4O3S/c18-16(23)24-10-8-15(22)20-17-19-13(11-25-17)14-7-4-9-21(14)12-5-2-1-3-6-12/h1-3,5-6,11,14H,4,7-10H2,(H2,18,23)(H,19,20,22). The molecule has 7 nitrogen and oxygen atoms in total. The normalized spacial score (nSPS) is 16.6. The summed E-state index contributed by atoms with van der Waals surface area (Å²) in [5, 5.41) is 5.27. The molecule has 2 aromatic rings. The molecule has 0 radical (unpaired) electrons. The monoisotopic (exact) mass is 360 g/mol. The maximum atomic E-state index is 11.8. The number of thiazole rings is 1. The molecule has 1 aromatic carbocycles. The average molecular weight is 360 g/mol. The Bertz CT molecular complexity index is 735. The maximum absolute atomic E-state index is 11.8. The Labute approximate surface area is 149 Å². The number of hydrogen-bond donors (Lipinski definition) is 2. The number of nitrogens with two attached hydrogens (primary N) is 1. The third-order valence-electron chi connectivity index (χ3n) is 4.02. The van der Waals surface area contributed by atoms with Crippen molar-refractivity contribution in [2.45, 2.75) is 25.3 Å². The molecule has 0 aliphatic carbocycles. The average Bonchev–Trinajstić information content (AvgIpc) is 3.24. The first-order chi connectivity index (χ1) is 12.1. The second-order valence-corrected chi connectivity index (χ2v) is 6.59. The molecule has 1 atom stereocenters. The van der Waals surface area contributed by atoms with Crippen LogP contribution in [-0.2, 0) is 9.53 Å². The number of nitrogens with one attached hydrogen (secondary N) is 1. The van der Waals surface area contributed by atoms with Crippen LogP contribution in [0.5, 0.6) is 0 Å². The highest BCUT2D eigenvalue weighted by Gasteiger charge is 2.28. The molecule has 3 rings (SSSR count). The molecule has 8 heteroatoms. The summed E-state index contributed by atoms with van der Waals surface area (Å²) < 4.78 is 4.55. The molecule has 0 saturated carbocycles. The molecule has 1 saturated heterocycles. The van der Waals surface area contributed by atoms with Gasteiger partial charge in [-0.2, -0.15) is 0 Å². The summed E-state index contributed by atoms with van der Waals surface area (Å²) in [6, 6.07) is 10.5. The largest absolute Gasteiger partial charge is 0.449 e. The van der Waals surface area contributed by atoms with E-state index in [2.05, 4.69) is 32.1 Å². The van der Waals surface area contributed by atoms with Crippen molar-refractivity contribution in [2.75, 3.05) is 23.4 Å². The highest BCUT2D eigenvalue weighted by molar-refractivity contribution is 7.13. The van der Waals surface area contributed by atoms with E-state index < -0.39 is 6.09 Å². The lowest BCUT2D eigenvalue weighted by Gasteiger charge is -2.25. The van der Waals surface area contributed by atoms with E-state index in [0.717, 1.165) is 25.1 Å². The highest BCUT2D eigenvalue weighted by Crippen LogP contribution is 2.36. The zero-order chi connectivity index (χ0) is 17.6. The second kappa shape index (κ2) is 7.98.